The maximum absolute atomic E-state index is 6.97. The van der Waals surface area contributed by atoms with Crippen molar-refractivity contribution in [2.75, 3.05) is 0 Å². The molecule has 0 aliphatic rings. The van der Waals surface area contributed by atoms with E-state index in [0.29, 0.717) is 5.89 Å². The lowest BCUT2D eigenvalue weighted by molar-refractivity contribution is 0.624. The first-order valence-electron chi connectivity index (χ1n) is 18.1. The molecule has 53 heavy (non-hydrogen) atoms. The monoisotopic (exact) mass is 675 g/mol. The largest absolute Gasteiger partial charge is 0.435 e. The van der Waals surface area contributed by atoms with Crippen molar-refractivity contribution in [3.63, 3.8) is 0 Å². The number of benzene rings is 9. The van der Waals surface area contributed by atoms with Gasteiger partial charge in [-0.2, -0.15) is 0 Å². The van der Waals surface area contributed by atoms with Crippen LogP contribution in [0, 0.1) is 0 Å². The molecule has 0 spiro atoms. The molecule has 9 aromatic carbocycles. The Bertz CT molecular complexity index is 3170. The Morgan fingerprint density at radius 1 is 0.358 bits per heavy atom. The predicted molar refractivity (Wildman–Crippen MR) is 221 cm³/mol. The molecule has 4 heteroatoms. The van der Waals surface area contributed by atoms with Crippen molar-refractivity contribution in [2.45, 2.75) is 0 Å². The molecule has 0 bridgehead atoms. The Balaban J connectivity index is 1.19. The molecule has 0 N–H and O–H groups in total. The van der Waals surface area contributed by atoms with E-state index in [1.807, 2.05) is 0 Å². The third kappa shape index (κ3) is 3.98. The van der Waals surface area contributed by atoms with E-state index in [9.17, 15) is 0 Å². The van der Waals surface area contributed by atoms with Crippen LogP contribution < -0.4 is 0 Å². The molecule has 3 aromatic heterocycles. The number of para-hydroxylation sites is 4. The summed E-state index contributed by atoms with van der Waals surface area (Å²) in [7, 11) is 0. The number of nitrogens with zero attached hydrogens (tertiary/aromatic N) is 3. The van der Waals surface area contributed by atoms with Crippen molar-refractivity contribution in [1.29, 1.82) is 0 Å². The first-order valence-corrected chi connectivity index (χ1v) is 18.1. The molecule has 0 amide bonds. The van der Waals surface area contributed by atoms with Gasteiger partial charge in [0.05, 0.1) is 22.1 Å². The first-order chi connectivity index (χ1) is 26.3. The molecule has 246 valence electrons. The molecule has 0 unspecified atom stereocenters. The zero-order chi connectivity index (χ0) is 34.6. The zero-order valence-electron chi connectivity index (χ0n) is 28.5. The molecule has 4 nitrogen and oxygen atoms in total. The number of oxazole rings is 1. The Hall–Kier alpha value is -7.17. The number of hydrogen-bond donors (Lipinski definition) is 0. The van der Waals surface area contributed by atoms with E-state index in [4.69, 9.17) is 9.40 Å². The minimum Gasteiger partial charge on any atom is -0.435 e. The van der Waals surface area contributed by atoms with Gasteiger partial charge in [-0.25, -0.2) is 4.98 Å². The summed E-state index contributed by atoms with van der Waals surface area (Å²) in [6.45, 7) is 0. The average Bonchev–Trinajstić information content (AvgIpc) is 3.92. The molecular weight excluding hydrogens is 647 g/mol. The molecule has 0 saturated carbocycles. The van der Waals surface area contributed by atoms with Gasteiger partial charge in [0.1, 0.15) is 5.52 Å². The van der Waals surface area contributed by atoms with E-state index >= 15 is 0 Å². The van der Waals surface area contributed by atoms with Crippen molar-refractivity contribution in [3.8, 4) is 22.8 Å². The summed E-state index contributed by atoms with van der Waals surface area (Å²) in [5, 5.41) is 11.6. The summed E-state index contributed by atoms with van der Waals surface area (Å²) in [6, 6.07) is 63.0. The number of aromatic nitrogens is 3. The highest BCUT2D eigenvalue weighted by Gasteiger charge is 2.21. The third-order valence-corrected chi connectivity index (χ3v) is 11.1. The summed E-state index contributed by atoms with van der Waals surface area (Å²) in [5.41, 5.74) is 9.51. The molecule has 0 fully saturated rings. The van der Waals surface area contributed by atoms with Gasteiger partial charge in [-0.15, -0.1) is 0 Å². The predicted octanol–water partition coefficient (Wildman–Crippen LogP) is 13.1. The van der Waals surface area contributed by atoms with Crippen molar-refractivity contribution >= 4 is 87.0 Å². The van der Waals surface area contributed by atoms with Crippen LogP contribution in [0.4, 0.5) is 0 Å². The Kier molecular flexibility index (Phi) is 5.74. The average molecular weight is 676 g/mol. The van der Waals surface area contributed by atoms with Crippen molar-refractivity contribution < 1.29 is 4.42 Å². The van der Waals surface area contributed by atoms with Crippen molar-refractivity contribution in [2.24, 2.45) is 0 Å². The second-order valence-corrected chi connectivity index (χ2v) is 13.9. The van der Waals surface area contributed by atoms with Gasteiger partial charge in [-0.05, 0) is 76.1 Å². The highest BCUT2D eigenvalue weighted by Crippen LogP contribution is 2.42. The van der Waals surface area contributed by atoms with E-state index in [1.165, 1.54) is 43.6 Å². The summed E-state index contributed by atoms with van der Waals surface area (Å²) in [4.78, 5) is 5.37. The number of fused-ring (bicyclic) bond motifs is 13. The number of rotatable bonds is 3. The standard InChI is InChI=1S/C49H29N3O/c1-2-14-33-30(12-1)13-11-19-40(33)49-50-47-41-28-31(51-43-20-7-3-15-36(43)37-16-4-8-21-44(37)51)24-26-34(41)35-27-25-32(29-42(35)48(47)53-49)52-45-22-9-5-17-38(45)39-18-6-10-23-46(39)52/h1-29H. The van der Waals surface area contributed by atoms with Gasteiger partial charge in [-0.1, -0.05) is 121 Å². The van der Waals surface area contributed by atoms with Gasteiger partial charge < -0.3 is 13.6 Å². The fraction of sp³-hybridized carbons (Fsp3) is 0. The highest BCUT2D eigenvalue weighted by atomic mass is 16.3. The maximum atomic E-state index is 6.97. The molecule has 0 atom stereocenters. The van der Waals surface area contributed by atoms with Gasteiger partial charge in [0, 0.05) is 49.3 Å². The van der Waals surface area contributed by atoms with E-state index in [-0.39, 0.29) is 0 Å². The molecule has 0 saturated heterocycles. The van der Waals surface area contributed by atoms with Crippen LogP contribution in [-0.2, 0) is 0 Å². The molecule has 0 radical (unpaired) electrons. The third-order valence-electron chi connectivity index (χ3n) is 11.1. The maximum Gasteiger partial charge on any atom is 0.227 e. The second-order valence-electron chi connectivity index (χ2n) is 13.9. The van der Waals surface area contributed by atoms with Crippen LogP contribution in [0.1, 0.15) is 0 Å². The minimum absolute atomic E-state index is 0.620. The number of hydrogen-bond acceptors (Lipinski definition) is 2. The van der Waals surface area contributed by atoms with Gasteiger partial charge in [0.25, 0.3) is 0 Å². The Labute approximate surface area is 303 Å². The molecule has 0 aliphatic carbocycles. The fourth-order valence-electron chi connectivity index (χ4n) is 8.81. The summed E-state index contributed by atoms with van der Waals surface area (Å²) in [5.74, 6) is 0.620. The normalized spacial score (nSPS) is 12.2. The Morgan fingerprint density at radius 3 is 1.38 bits per heavy atom. The molecular formula is C49H29N3O. The van der Waals surface area contributed by atoms with Crippen molar-refractivity contribution in [1.82, 2.24) is 14.1 Å². The zero-order valence-corrected chi connectivity index (χ0v) is 28.5. The lowest BCUT2D eigenvalue weighted by atomic mass is 9.99. The van der Waals surface area contributed by atoms with Crippen LogP contribution >= 0.6 is 0 Å². The van der Waals surface area contributed by atoms with E-state index in [2.05, 4.69) is 185 Å². The molecule has 0 aliphatic heterocycles. The van der Waals surface area contributed by atoms with E-state index in [1.54, 1.807) is 0 Å². The molecule has 12 rings (SSSR count). The fourth-order valence-corrected chi connectivity index (χ4v) is 8.81. The quantitative estimate of drug-likeness (QED) is 0.175. The van der Waals surface area contributed by atoms with Gasteiger partial charge in [0.2, 0.25) is 5.89 Å². The summed E-state index contributed by atoms with van der Waals surface area (Å²) < 4.78 is 11.7. The SMILES string of the molecule is c1ccc2c(-c3nc4c5cc(-n6c7ccccc7c7ccccc76)ccc5c5ccc(-n6c7ccccc7c7ccccc76)cc5c4o3)cccc2c1. The van der Waals surface area contributed by atoms with E-state index in [0.717, 1.165) is 60.4 Å². The van der Waals surface area contributed by atoms with Crippen molar-refractivity contribution in [3.05, 3.63) is 176 Å². The van der Waals surface area contributed by atoms with Crippen LogP contribution in [0.15, 0.2) is 180 Å². The second kappa shape index (κ2) is 10.7. The van der Waals surface area contributed by atoms with Gasteiger partial charge >= 0.3 is 0 Å². The van der Waals surface area contributed by atoms with Gasteiger partial charge in [-0.3, -0.25) is 0 Å². The van der Waals surface area contributed by atoms with Crippen LogP contribution in [0.3, 0.4) is 0 Å². The summed E-state index contributed by atoms with van der Waals surface area (Å²) >= 11 is 0. The highest BCUT2D eigenvalue weighted by molar-refractivity contribution is 6.24. The lowest BCUT2D eigenvalue weighted by Crippen LogP contribution is -1.95. The smallest absolute Gasteiger partial charge is 0.227 e. The van der Waals surface area contributed by atoms with Crippen LogP contribution in [0.5, 0.6) is 0 Å². The first kappa shape index (κ1) is 28.5. The summed E-state index contributed by atoms with van der Waals surface area (Å²) in [6.07, 6.45) is 0. The van der Waals surface area contributed by atoms with Crippen LogP contribution in [0.25, 0.3) is 110 Å². The van der Waals surface area contributed by atoms with Gasteiger partial charge in [0.15, 0.2) is 5.58 Å². The lowest BCUT2D eigenvalue weighted by Gasteiger charge is -2.13. The van der Waals surface area contributed by atoms with Crippen LogP contribution in [0.2, 0.25) is 0 Å². The van der Waals surface area contributed by atoms with E-state index < -0.39 is 0 Å². The topological polar surface area (TPSA) is 35.9 Å². The molecule has 12 aromatic rings. The van der Waals surface area contributed by atoms with Crippen LogP contribution in [-0.4, -0.2) is 14.1 Å². The minimum atomic E-state index is 0.620. The Morgan fingerprint density at radius 2 is 0.811 bits per heavy atom. The molecule has 3 heterocycles.